The van der Waals surface area contributed by atoms with Gasteiger partial charge in [-0.25, -0.2) is 0 Å². The SMILES string of the molecule is NCCCN(Cc1cccc(C(=O)c2ccccc2)c1)C(=O)c1ccccc1OCc1ccccc1. The van der Waals surface area contributed by atoms with E-state index in [2.05, 4.69) is 0 Å². The van der Waals surface area contributed by atoms with Gasteiger partial charge in [-0.2, -0.15) is 0 Å². The van der Waals surface area contributed by atoms with E-state index in [-0.39, 0.29) is 11.7 Å². The van der Waals surface area contributed by atoms with Crippen molar-refractivity contribution >= 4 is 11.7 Å². The van der Waals surface area contributed by atoms with Crippen LogP contribution in [-0.4, -0.2) is 29.7 Å². The quantitative estimate of drug-likeness (QED) is 0.290. The molecule has 5 nitrogen and oxygen atoms in total. The van der Waals surface area contributed by atoms with Crippen molar-refractivity contribution in [2.24, 2.45) is 5.73 Å². The smallest absolute Gasteiger partial charge is 0.257 e. The second-order valence-electron chi connectivity index (χ2n) is 8.53. The number of rotatable bonds is 11. The summed E-state index contributed by atoms with van der Waals surface area (Å²) in [6.07, 6.45) is 0.668. The van der Waals surface area contributed by atoms with Gasteiger partial charge in [0.15, 0.2) is 5.78 Å². The van der Waals surface area contributed by atoms with Crippen LogP contribution < -0.4 is 10.5 Å². The number of nitrogens with zero attached hydrogens (tertiary/aromatic N) is 1. The van der Waals surface area contributed by atoms with E-state index in [0.29, 0.717) is 55.1 Å². The van der Waals surface area contributed by atoms with Crippen molar-refractivity contribution < 1.29 is 14.3 Å². The number of ether oxygens (including phenoxy) is 1. The third kappa shape index (κ3) is 6.46. The van der Waals surface area contributed by atoms with Crippen LogP contribution in [0.2, 0.25) is 0 Å². The van der Waals surface area contributed by atoms with Gasteiger partial charge in [-0.3, -0.25) is 9.59 Å². The molecule has 1 amide bonds. The molecule has 0 unspecified atom stereocenters. The van der Waals surface area contributed by atoms with Gasteiger partial charge in [0.25, 0.3) is 5.91 Å². The topological polar surface area (TPSA) is 72.6 Å². The zero-order valence-electron chi connectivity index (χ0n) is 20.2. The molecular weight excluding hydrogens is 448 g/mol. The number of hydrogen-bond acceptors (Lipinski definition) is 4. The van der Waals surface area contributed by atoms with Crippen molar-refractivity contribution in [1.29, 1.82) is 0 Å². The maximum atomic E-state index is 13.7. The summed E-state index contributed by atoms with van der Waals surface area (Å²) in [5.74, 6) is 0.362. The molecule has 0 saturated heterocycles. The Kier molecular flexibility index (Phi) is 8.62. The van der Waals surface area contributed by atoms with Crippen LogP contribution in [0, 0.1) is 0 Å². The minimum Gasteiger partial charge on any atom is -0.488 e. The standard InChI is InChI=1S/C31H30N2O3/c32-19-10-20-33(22-25-13-9-16-27(21-25)30(34)26-14-5-2-6-15-26)31(35)28-17-7-8-18-29(28)36-23-24-11-3-1-4-12-24/h1-9,11-18,21H,10,19-20,22-23,32H2. The van der Waals surface area contributed by atoms with Gasteiger partial charge in [0.2, 0.25) is 0 Å². The molecule has 36 heavy (non-hydrogen) atoms. The molecule has 0 fully saturated rings. The van der Waals surface area contributed by atoms with Crippen LogP contribution in [0.5, 0.6) is 5.75 Å². The number of carbonyl (C=O) groups is 2. The number of nitrogens with two attached hydrogens (primary N) is 1. The number of ketones is 1. The summed E-state index contributed by atoms with van der Waals surface area (Å²) < 4.78 is 6.03. The fourth-order valence-electron chi connectivity index (χ4n) is 4.00. The van der Waals surface area contributed by atoms with Gasteiger partial charge < -0.3 is 15.4 Å². The average Bonchev–Trinajstić information content (AvgIpc) is 2.94. The lowest BCUT2D eigenvalue weighted by atomic mass is 10.0. The summed E-state index contributed by atoms with van der Waals surface area (Å²) >= 11 is 0. The van der Waals surface area contributed by atoms with Gasteiger partial charge in [0, 0.05) is 24.2 Å². The third-order valence-electron chi connectivity index (χ3n) is 5.87. The van der Waals surface area contributed by atoms with E-state index < -0.39 is 0 Å². The fraction of sp³-hybridized carbons (Fsp3) is 0.161. The summed E-state index contributed by atoms with van der Waals surface area (Å²) in [6, 6.07) is 33.8. The Hall–Kier alpha value is -4.22. The Morgan fingerprint density at radius 2 is 1.36 bits per heavy atom. The predicted octanol–water partition coefficient (Wildman–Crippen LogP) is 5.49. The molecule has 4 aromatic rings. The van der Waals surface area contributed by atoms with Crippen LogP contribution in [0.25, 0.3) is 0 Å². The molecule has 0 bridgehead atoms. The highest BCUT2D eigenvalue weighted by atomic mass is 16.5. The van der Waals surface area contributed by atoms with Crippen molar-refractivity contribution in [3.8, 4) is 5.75 Å². The molecule has 2 N–H and O–H groups in total. The minimum atomic E-state index is -0.132. The summed E-state index contributed by atoms with van der Waals surface area (Å²) in [4.78, 5) is 28.4. The van der Waals surface area contributed by atoms with Crippen molar-refractivity contribution in [1.82, 2.24) is 4.90 Å². The van der Waals surface area contributed by atoms with Gasteiger partial charge in [-0.05, 0) is 42.3 Å². The third-order valence-corrected chi connectivity index (χ3v) is 5.87. The lowest BCUT2D eigenvalue weighted by molar-refractivity contribution is 0.0737. The van der Waals surface area contributed by atoms with Crippen LogP contribution in [0.1, 0.15) is 43.8 Å². The summed E-state index contributed by atoms with van der Waals surface area (Å²) in [7, 11) is 0. The Labute approximate surface area is 212 Å². The van der Waals surface area contributed by atoms with Gasteiger partial charge in [-0.1, -0.05) is 91.0 Å². The van der Waals surface area contributed by atoms with Crippen molar-refractivity contribution in [2.75, 3.05) is 13.1 Å². The Morgan fingerprint density at radius 1 is 0.722 bits per heavy atom. The summed E-state index contributed by atoms with van der Waals surface area (Å²) in [6.45, 7) is 1.71. The van der Waals surface area contributed by atoms with Gasteiger partial charge in [0.1, 0.15) is 12.4 Å². The molecule has 0 aliphatic carbocycles. The highest BCUT2D eigenvalue weighted by molar-refractivity contribution is 6.09. The molecule has 0 radical (unpaired) electrons. The van der Waals surface area contributed by atoms with Crippen LogP contribution in [0.3, 0.4) is 0 Å². The van der Waals surface area contributed by atoms with E-state index >= 15 is 0 Å². The van der Waals surface area contributed by atoms with Crippen molar-refractivity contribution in [3.05, 3.63) is 137 Å². The van der Waals surface area contributed by atoms with Crippen LogP contribution in [0.4, 0.5) is 0 Å². The lowest BCUT2D eigenvalue weighted by Gasteiger charge is -2.24. The number of carbonyl (C=O) groups excluding carboxylic acids is 2. The first-order valence-corrected chi connectivity index (χ1v) is 12.1. The van der Waals surface area contributed by atoms with Crippen LogP contribution in [0.15, 0.2) is 109 Å². The van der Waals surface area contributed by atoms with E-state index in [1.165, 1.54) is 0 Å². The lowest BCUT2D eigenvalue weighted by Crippen LogP contribution is -2.33. The van der Waals surface area contributed by atoms with E-state index in [0.717, 1.165) is 11.1 Å². The molecule has 4 rings (SSSR count). The first-order valence-electron chi connectivity index (χ1n) is 12.1. The van der Waals surface area contributed by atoms with Crippen molar-refractivity contribution in [2.45, 2.75) is 19.6 Å². The van der Waals surface area contributed by atoms with Gasteiger partial charge >= 0.3 is 0 Å². The Morgan fingerprint density at radius 3 is 2.11 bits per heavy atom. The first-order chi connectivity index (χ1) is 17.7. The summed E-state index contributed by atoms with van der Waals surface area (Å²) in [5.41, 5.74) is 9.41. The molecule has 4 aromatic carbocycles. The largest absolute Gasteiger partial charge is 0.488 e. The fourth-order valence-corrected chi connectivity index (χ4v) is 4.00. The van der Waals surface area contributed by atoms with Gasteiger partial charge in [0.05, 0.1) is 5.56 Å². The van der Waals surface area contributed by atoms with Crippen LogP contribution >= 0.6 is 0 Å². The molecule has 0 aliphatic heterocycles. The highest BCUT2D eigenvalue weighted by Crippen LogP contribution is 2.23. The Bertz CT molecular complexity index is 1290. The number of hydrogen-bond donors (Lipinski definition) is 1. The number of amides is 1. The molecule has 0 heterocycles. The molecule has 0 saturated carbocycles. The highest BCUT2D eigenvalue weighted by Gasteiger charge is 2.20. The minimum absolute atomic E-state index is 0.0445. The molecule has 0 aliphatic rings. The molecular formula is C31H30N2O3. The van der Waals surface area contributed by atoms with Crippen molar-refractivity contribution in [3.63, 3.8) is 0 Å². The second-order valence-corrected chi connectivity index (χ2v) is 8.53. The molecule has 0 aromatic heterocycles. The first kappa shape index (κ1) is 24.9. The normalized spacial score (nSPS) is 10.6. The van der Waals surface area contributed by atoms with E-state index in [1.54, 1.807) is 29.2 Å². The maximum absolute atomic E-state index is 13.7. The monoisotopic (exact) mass is 478 g/mol. The zero-order valence-corrected chi connectivity index (χ0v) is 20.2. The molecule has 5 heteroatoms. The van der Waals surface area contributed by atoms with E-state index in [9.17, 15) is 9.59 Å². The van der Waals surface area contributed by atoms with Crippen LogP contribution in [-0.2, 0) is 13.2 Å². The summed E-state index contributed by atoms with van der Waals surface area (Å²) in [5, 5.41) is 0. The molecule has 0 atom stereocenters. The number of benzene rings is 4. The zero-order chi connectivity index (χ0) is 25.2. The molecule has 182 valence electrons. The second kappa shape index (κ2) is 12.5. The predicted molar refractivity (Wildman–Crippen MR) is 142 cm³/mol. The Balaban J connectivity index is 1.54. The maximum Gasteiger partial charge on any atom is 0.257 e. The van der Waals surface area contributed by atoms with E-state index in [4.69, 9.17) is 10.5 Å². The van der Waals surface area contributed by atoms with Gasteiger partial charge in [-0.15, -0.1) is 0 Å². The molecule has 0 spiro atoms. The van der Waals surface area contributed by atoms with E-state index in [1.807, 2.05) is 84.9 Å². The average molecular weight is 479 g/mol. The number of para-hydroxylation sites is 1.